The molecule has 1 N–H and O–H groups in total. The number of pyridine rings is 1. The molecule has 1 unspecified atom stereocenters. The summed E-state index contributed by atoms with van der Waals surface area (Å²) in [6, 6.07) is 3.22. The van der Waals surface area contributed by atoms with E-state index in [1.54, 1.807) is 25.3 Å². The Morgan fingerprint density at radius 2 is 2.04 bits per heavy atom. The number of hydrogen-bond donors (Lipinski definition) is 1. The number of nitrogens with zero attached hydrogens (tertiary/aromatic N) is 3. The van der Waals surface area contributed by atoms with Gasteiger partial charge in [-0.05, 0) is 31.9 Å². The van der Waals surface area contributed by atoms with E-state index in [4.69, 9.17) is 5.11 Å². The van der Waals surface area contributed by atoms with Crippen molar-refractivity contribution in [2.24, 2.45) is 0 Å². The minimum atomic E-state index is -1.08. The van der Waals surface area contributed by atoms with Gasteiger partial charge in [0.05, 0.1) is 10.8 Å². The lowest BCUT2D eigenvalue weighted by Gasteiger charge is -2.21. The van der Waals surface area contributed by atoms with Crippen LogP contribution in [0.3, 0.4) is 0 Å². The van der Waals surface area contributed by atoms with E-state index in [-0.39, 0.29) is 17.7 Å². The smallest absolute Gasteiger partial charge is 0.323 e. The van der Waals surface area contributed by atoms with Crippen LogP contribution in [-0.4, -0.2) is 69.6 Å². The van der Waals surface area contributed by atoms with Crippen LogP contribution >= 0.6 is 11.8 Å². The van der Waals surface area contributed by atoms with Gasteiger partial charge in [0.15, 0.2) is 0 Å². The number of thioether (sulfide) groups is 1. The van der Waals surface area contributed by atoms with Crippen LogP contribution < -0.4 is 0 Å². The van der Waals surface area contributed by atoms with Crippen molar-refractivity contribution in [1.29, 1.82) is 0 Å². The van der Waals surface area contributed by atoms with Crippen LogP contribution in [0.2, 0.25) is 0 Å². The molecule has 130 valence electrons. The van der Waals surface area contributed by atoms with Crippen LogP contribution in [-0.2, 0) is 9.59 Å². The van der Waals surface area contributed by atoms with E-state index < -0.39 is 11.9 Å². The van der Waals surface area contributed by atoms with Crippen molar-refractivity contribution in [3.8, 4) is 0 Å². The number of carboxylic acids is 1. The maximum atomic E-state index is 12.4. The van der Waals surface area contributed by atoms with Gasteiger partial charge in [0.25, 0.3) is 5.91 Å². The summed E-state index contributed by atoms with van der Waals surface area (Å²) in [6.07, 6.45) is 3.61. The zero-order valence-corrected chi connectivity index (χ0v) is 14.6. The Morgan fingerprint density at radius 1 is 1.38 bits per heavy atom. The molecule has 0 radical (unpaired) electrons. The van der Waals surface area contributed by atoms with Gasteiger partial charge in [0.1, 0.15) is 11.6 Å². The van der Waals surface area contributed by atoms with Gasteiger partial charge >= 0.3 is 5.97 Å². The second-order valence-corrected chi connectivity index (χ2v) is 7.03. The van der Waals surface area contributed by atoms with Crippen molar-refractivity contribution < 1.29 is 19.5 Å². The predicted octanol–water partition coefficient (Wildman–Crippen LogP) is 1.34. The zero-order valence-electron chi connectivity index (χ0n) is 13.8. The second kappa shape index (κ2) is 8.14. The Kier molecular flexibility index (Phi) is 6.19. The van der Waals surface area contributed by atoms with Gasteiger partial charge < -0.3 is 14.9 Å². The summed E-state index contributed by atoms with van der Waals surface area (Å²) in [7, 11) is 1.43. The van der Waals surface area contributed by atoms with Gasteiger partial charge in [-0.3, -0.25) is 14.4 Å². The highest BCUT2D eigenvalue weighted by molar-refractivity contribution is 8.00. The summed E-state index contributed by atoms with van der Waals surface area (Å²) >= 11 is 1.23. The van der Waals surface area contributed by atoms with E-state index in [9.17, 15) is 14.4 Å². The first kappa shape index (κ1) is 18.3. The first-order valence-electron chi connectivity index (χ1n) is 7.78. The molecule has 2 amide bonds. The lowest BCUT2D eigenvalue weighted by Crippen LogP contribution is -2.34. The Balaban J connectivity index is 2.11. The third kappa shape index (κ3) is 4.47. The molecule has 0 aromatic carbocycles. The first-order chi connectivity index (χ1) is 11.4. The van der Waals surface area contributed by atoms with Crippen LogP contribution in [0.25, 0.3) is 0 Å². The fraction of sp³-hybridized carbons (Fsp3) is 0.500. The first-order valence-corrected chi connectivity index (χ1v) is 8.66. The Hall–Kier alpha value is -2.09. The van der Waals surface area contributed by atoms with E-state index >= 15 is 0 Å². The molecular formula is C16H21N3O4S. The number of amides is 2. The zero-order chi connectivity index (χ0) is 17.7. The van der Waals surface area contributed by atoms with Crippen LogP contribution in [0.15, 0.2) is 23.4 Å². The highest BCUT2D eigenvalue weighted by Gasteiger charge is 2.26. The van der Waals surface area contributed by atoms with Gasteiger partial charge in [0.2, 0.25) is 5.91 Å². The number of aromatic nitrogens is 1. The van der Waals surface area contributed by atoms with Crippen molar-refractivity contribution in [2.75, 3.05) is 26.7 Å². The van der Waals surface area contributed by atoms with Crippen molar-refractivity contribution >= 4 is 29.5 Å². The molecule has 0 aliphatic carbocycles. The average molecular weight is 351 g/mol. The van der Waals surface area contributed by atoms with E-state index in [1.165, 1.54) is 18.8 Å². The maximum Gasteiger partial charge on any atom is 0.323 e. The second-order valence-electron chi connectivity index (χ2n) is 5.70. The summed E-state index contributed by atoms with van der Waals surface area (Å²) < 4.78 is 0. The van der Waals surface area contributed by atoms with E-state index in [0.29, 0.717) is 10.6 Å². The predicted molar refractivity (Wildman–Crippen MR) is 90.0 cm³/mol. The fourth-order valence-corrected chi connectivity index (χ4v) is 3.53. The van der Waals surface area contributed by atoms with Crippen LogP contribution in [0.4, 0.5) is 0 Å². The minimum Gasteiger partial charge on any atom is -0.480 e. The maximum absolute atomic E-state index is 12.4. The molecule has 24 heavy (non-hydrogen) atoms. The Labute approximate surface area is 145 Å². The standard InChI is InChI=1S/C16H21N3O4S/c1-11(15(22)19-8-3-4-9-19)24-14-12(6-5-7-17-14)16(23)18(2)10-13(20)21/h5-7,11H,3-4,8-10H2,1-2H3,(H,20,21). The molecular weight excluding hydrogens is 330 g/mol. The fourth-order valence-electron chi connectivity index (χ4n) is 2.54. The number of aliphatic carboxylic acids is 1. The quantitative estimate of drug-likeness (QED) is 0.778. The molecule has 2 rings (SSSR count). The van der Waals surface area contributed by atoms with Crippen molar-refractivity contribution in [3.05, 3.63) is 23.9 Å². The number of likely N-dealkylation sites (tertiary alicyclic amines) is 1. The molecule has 8 heteroatoms. The van der Waals surface area contributed by atoms with Crippen LogP contribution in [0.5, 0.6) is 0 Å². The van der Waals surface area contributed by atoms with Gasteiger partial charge in [-0.1, -0.05) is 11.8 Å². The van der Waals surface area contributed by atoms with Crippen molar-refractivity contribution in [3.63, 3.8) is 0 Å². The monoisotopic (exact) mass is 351 g/mol. The van der Waals surface area contributed by atoms with Crippen LogP contribution in [0.1, 0.15) is 30.1 Å². The number of carboxylic acid groups (broad SMARTS) is 1. The SMILES string of the molecule is CC(Sc1ncccc1C(=O)N(C)CC(=O)O)C(=O)N1CCCC1. The Bertz CT molecular complexity index is 632. The number of hydrogen-bond acceptors (Lipinski definition) is 5. The van der Waals surface area contributed by atoms with Gasteiger partial charge in [-0.15, -0.1) is 0 Å². The molecule has 0 saturated carbocycles. The molecule has 1 atom stereocenters. The summed E-state index contributed by atoms with van der Waals surface area (Å²) in [5.41, 5.74) is 0.312. The minimum absolute atomic E-state index is 0.0421. The third-order valence-electron chi connectivity index (χ3n) is 3.77. The molecule has 2 heterocycles. The highest BCUT2D eigenvalue weighted by atomic mass is 32.2. The van der Waals surface area contributed by atoms with Crippen molar-refractivity contribution in [1.82, 2.24) is 14.8 Å². The summed E-state index contributed by atoms with van der Waals surface area (Å²) in [6.45, 7) is 2.97. The molecule has 1 aromatic rings. The van der Waals surface area contributed by atoms with Gasteiger partial charge in [-0.25, -0.2) is 4.98 Å². The lowest BCUT2D eigenvalue weighted by atomic mass is 10.2. The Morgan fingerprint density at radius 3 is 2.67 bits per heavy atom. The van der Waals surface area contributed by atoms with Gasteiger partial charge in [0, 0.05) is 26.3 Å². The molecule has 7 nitrogen and oxygen atoms in total. The summed E-state index contributed by atoms with van der Waals surface area (Å²) in [4.78, 5) is 42.8. The van der Waals surface area contributed by atoms with Crippen LogP contribution in [0, 0.1) is 0 Å². The van der Waals surface area contributed by atoms with E-state index in [0.717, 1.165) is 30.8 Å². The number of likely N-dealkylation sites (N-methyl/N-ethyl adjacent to an activating group) is 1. The number of carbonyl (C=O) groups is 3. The van der Waals surface area contributed by atoms with E-state index in [1.807, 2.05) is 4.90 Å². The molecule has 1 saturated heterocycles. The molecule has 1 aliphatic rings. The normalized spacial score (nSPS) is 15.2. The summed E-state index contributed by atoms with van der Waals surface area (Å²) in [5, 5.41) is 8.92. The highest BCUT2D eigenvalue weighted by Crippen LogP contribution is 2.27. The topological polar surface area (TPSA) is 90.8 Å². The van der Waals surface area contributed by atoms with Gasteiger partial charge in [-0.2, -0.15) is 0 Å². The molecule has 0 bridgehead atoms. The number of carbonyl (C=O) groups excluding carboxylic acids is 2. The lowest BCUT2D eigenvalue weighted by molar-refractivity contribution is -0.137. The molecule has 1 aliphatic heterocycles. The third-order valence-corrected chi connectivity index (χ3v) is 4.88. The van der Waals surface area contributed by atoms with E-state index in [2.05, 4.69) is 4.98 Å². The molecule has 1 fully saturated rings. The summed E-state index contributed by atoms with van der Waals surface area (Å²) in [5.74, 6) is -1.46. The number of rotatable bonds is 6. The largest absolute Gasteiger partial charge is 0.480 e. The average Bonchev–Trinajstić information content (AvgIpc) is 3.07. The molecule has 0 spiro atoms. The molecule has 1 aromatic heterocycles. The van der Waals surface area contributed by atoms with Crippen molar-refractivity contribution in [2.45, 2.75) is 30.0 Å².